The van der Waals surface area contributed by atoms with E-state index >= 15 is 0 Å². The van der Waals surface area contributed by atoms with Crippen LogP contribution in [-0.4, -0.2) is 23.0 Å². The summed E-state index contributed by atoms with van der Waals surface area (Å²) in [4.78, 5) is 23.2. The van der Waals surface area contributed by atoms with Crippen molar-refractivity contribution in [3.8, 4) is 0 Å². The maximum Gasteiger partial charge on any atom is 0.331 e. The van der Waals surface area contributed by atoms with Crippen LogP contribution in [0.25, 0.3) is 0 Å². The fourth-order valence-corrected chi connectivity index (χ4v) is 2.07. The molecule has 0 saturated carbocycles. The number of amides is 1. The number of carbonyl (C=O) groups excluding carboxylic acids is 1. The molecule has 0 aliphatic rings. The Balaban J connectivity index is 2.56. The number of thiophene rings is 1. The van der Waals surface area contributed by atoms with E-state index in [2.05, 4.69) is 5.32 Å². The maximum atomic E-state index is 11.5. The van der Waals surface area contributed by atoms with Crippen molar-refractivity contribution in [2.75, 3.05) is 0 Å². The van der Waals surface area contributed by atoms with Crippen molar-refractivity contribution in [3.05, 3.63) is 22.4 Å². The molecule has 0 radical (unpaired) electrons. The fourth-order valence-electron chi connectivity index (χ4n) is 1.30. The average Bonchev–Trinajstić information content (AvgIpc) is 2.75. The van der Waals surface area contributed by atoms with Crippen molar-refractivity contribution in [1.82, 2.24) is 5.32 Å². The quantitative estimate of drug-likeness (QED) is 0.711. The lowest BCUT2D eigenvalue weighted by atomic mass is 10.1. The van der Waals surface area contributed by atoms with Crippen LogP contribution in [0.5, 0.6) is 0 Å². The van der Waals surface area contributed by atoms with E-state index in [-0.39, 0.29) is 18.4 Å². The summed E-state index contributed by atoms with van der Waals surface area (Å²) < 4.78 is 0. The second-order valence-electron chi connectivity index (χ2n) is 3.87. The molecule has 5 nitrogen and oxygen atoms in total. The number of carboxylic acids is 1. The monoisotopic (exact) mass is 256 g/mol. The second kappa shape index (κ2) is 6.36. The largest absolute Gasteiger partial charge is 0.479 e. The molecule has 17 heavy (non-hydrogen) atoms. The SMILES string of the molecule is CC(N)CCC(=O)NC(C(=O)O)c1cccs1. The third-order valence-corrected chi connectivity index (χ3v) is 3.14. The lowest BCUT2D eigenvalue weighted by molar-refractivity contribution is -0.142. The van der Waals surface area contributed by atoms with E-state index in [0.717, 1.165) is 0 Å². The lowest BCUT2D eigenvalue weighted by Gasteiger charge is -2.13. The average molecular weight is 256 g/mol. The summed E-state index contributed by atoms with van der Waals surface area (Å²) >= 11 is 1.31. The Morgan fingerprint density at radius 1 is 1.59 bits per heavy atom. The Morgan fingerprint density at radius 3 is 2.76 bits per heavy atom. The van der Waals surface area contributed by atoms with Crippen molar-refractivity contribution in [1.29, 1.82) is 0 Å². The molecule has 1 heterocycles. The predicted molar refractivity (Wildman–Crippen MR) is 65.7 cm³/mol. The molecule has 2 atom stereocenters. The molecule has 1 amide bonds. The number of rotatable bonds is 6. The highest BCUT2D eigenvalue weighted by molar-refractivity contribution is 7.10. The van der Waals surface area contributed by atoms with Gasteiger partial charge in [-0.2, -0.15) is 0 Å². The summed E-state index contributed by atoms with van der Waals surface area (Å²) in [7, 11) is 0. The maximum absolute atomic E-state index is 11.5. The zero-order valence-corrected chi connectivity index (χ0v) is 10.4. The third kappa shape index (κ3) is 4.54. The zero-order chi connectivity index (χ0) is 12.8. The van der Waals surface area contributed by atoms with Crippen LogP contribution in [0.15, 0.2) is 17.5 Å². The van der Waals surface area contributed by atoms with Crippen LogP contribution in [0.1, 0.15) is 30.7 Å². The standard InChI is InChI=1S/C11H16N2O3S/c1-7(12)4-5-9(14)13-10(11(15)16)8-3-2-6-17-8/h2-3,6-7,10H,4-5,12H2,1H3,(H,13,14)(H,15,16). The molecular formula is C11H16N2O3S. The predicted octanol–water partition coefficient (Wildman–Crippen LogP) is 1.12. The van der Waals surface area contributed by atoms with Gasteiger partial charge >= 0.3 is 5.97 Å². The number of hydrogen-bond donors (Lipinski definition) is 3. The molecule has 0 aliphatic carbocycles. The number of carboxylic acid groups (broad SMARTS) is 1. The minimum absolute atomic E-state index is 0.0641. The smallest absolute Gasteiger partial charge is 0.331 e. The van der Waals surface area contributed by atoms with Gasteiger partial charge in [0, 0.05) is 17.3 Å². The molecule has 0 saturated heterocycles. The molecular weight excluding hydrogens is 240 g/mol. The molecule has 0 bridgehead atoms. The third-order valence-electron chi connectivity index (χ3n) is 2.21. The number of nitrogens with two attached hydrogens (primary N) is 1. The first-order valence-corrected chi connectivity index (χ1v) is 6.20. The summed E-state index contributed by atoms with van der Waals surface area (Å²) in [6, 6.07) is 2.42. The summed E-state index contributed by atoms with van der Waals surface area (Å²) in [6.45, 7) is 1.81. The normalized spacial score (nSPS) is 14.0. The van der Waals surface area contributed by atoms with Gasteiger partial charge in [-0.15, -0.1) is 11.3 Å². The zero-order valence-electron chi connectivity index (χ0n) is 9.55. The van der Waals surface area contributed by atoms with E-state index < -0.39 is 12.0 Å². The Hall–Kier alpha value is -1.40. The minimum Gasteiger partial charge on any atom is -0.479 e. The van der Waals surface area contributed by atoms with Gasteiger partial charge in [0.25, 0.3) is 0 Å². The van der Waals surface area contributed by atoms with Gasteiger partial charge in [-0.05, 0) is 24.8 Å². The minimum atomic E-state index is -1.05. The second-order valence-corrected chi connectivity index (χ2v) is 4.85. The van der Waals surface area contributed by atoms with E-state index in [0.29, 0.717) is 11.3 Å². The van der Waals surface area contributed by atoms with Gasteiger partial charge in [-0.3, -0.25) is 4.79 Å². The molecule has 4 N–H and O–H groups in total. The first-order valence-electron chi connectivity index (χ1n) is 5.32. The van der Waals surface area contributed by atoms with E-state index in [1.165, 1.54) is 11.3 Å². The summed E-state index contributed by atoms with van der Waals surface area (Å²) in [5, 5.41) is 13.3. The molecule has 0 spiro atoms. The number of aliphatic carboxylic acids is 1. The Bertz CT molecular complexity index is 376. The van der Waals surface area contributed by atoms with Gasteiger partial charge in [0.1, 0.15) is 0 Å². The topological polar surface area (TPSA) is 92.4 Å². The number of nitrogens with one attached hydrogen (secondary N) is 1. The van der Waals surface area contributed by atoms with Gasteiger partial charge in [0.05, 0.1) is 0 Å². The molecule has 1 aromatic rings. The van der Waals surface area contributed by atoms with E-state index in [1.807, 2.05) is 0 Å². The first kappa shape index (κ1) is 13.7. The van der Waals surface area contributed by atoms with Crippen molar-refractivity contribution in [2.24, 2.45) is 5.73 Å². The van der Waals surface area contributed by atoms with Gasteiger partial charge < -0.3 is 16.2 Å². The first-order chi connectivity index (χ1) is 8.00. The Morgan fingerprint density at radius 2 is 2.29 bits per heavy atom. The fraction of sp³-hybridized carbons (Fsp3) is 0.455. The molecule has 0 aromatic carbocycles. The molecule has 6 heteroatoms. The van der Waals surface area contributed by atoms with Gasteiger partial charge in [0.15, 0.2) is 6.04 Å². The van der Waals surface area contributed by atoms with Crippen LogP contribution in [0.3, 0.4) is 0 Å². The van der Waals surface area contributed by atoms with Crippen LogP contribution < -0.4 is 11.1 Å². The molecule has 0 aliphatic heterocycles. The van der Waals surface area contributed by atoms with E-state index in [9.17, 15) is 9.59 Å². The van der Waals surface area contributed by atoms with Gasteiger partial charge in [0.2, 0.25) is 5.91 Å². The van der Waals surface area contributed by atoms with Gasteiger partial charge in [-0.1, -0.05) is 6.07 Å². The summed E-state index contributed by atoms with van der Waals surface area (Å²) in [6.07, 6.45) is 0.787. The lowest BCUT2D eigenvalue weighted by Crippen LogP contribution is -2.33. The number of hydrogen-bond acceptors (Lipinski definition) is 4. The van der Waals surface area contributed by atoms with Crippen molar-refractivity contribution >= 4 is 23.2 Å². The van der Waals surface area contributed by atoms with Crippen LogP contribution in [-0.2, 0) is 9.59 Å². The van der Waals surface area contributed by atoms with E-state index in [1.54, 1.807) is 24.4 Å². The molecule has 94 valence electrons. The Kier molecular flexibility index (Phi) is 5.11. The van der Waals surface area contributed by atoms with Gasteiger partial charge in [-0.25, -0.2) is 4.79 Å². The molecule has 2 unspecified atom stereocenters. The van der Waals surface area contributed by atoms with Crippen molar-refractivity contribution in [2.45, 2.75) is 31.8 Å². The molecule has 1 rings (SSSR count). The Labute approximate surface area is 104 Å². The number of carbonyl (C=O) groups is 2. The molecule has 0 fully saturated rings. The summed E-state index contributed by atoms with van der Waals surface area (Å²) in [5.41, 5.74) is 5.53. The summed E-state index contributed by atoms with van der Waals surface area (Å²) in [5.74, 6) is -1.34. The highest BCUT2D eigenvalue weighted by Crippen LogP contribution is 2.19. The van der Waals surface area contributed by atoms with Crippen LogP contribution in [0, 0.1) is 0 Å². The highest BCUT2D eigenvalue weighted by Gasteiger charge is 2.22. The highest BCUT2D eigenvalue weighted by atomic mass is 32.1. The van der Waals surface area contributed by atoms with Crippen molar-refractivity contribution in [3.63, 3.8) is 0 Å². The van der Waals surface area contributed by atoms with Crippen LogP contribution in [0.2, 0.25) is 0 Å². The molecule has 1 aromatic heterocycles. The van der Waals surface area contributed by atoms with Crippen LogP contribution in [0.4, 0.5) is 0 Å². The van der Waals surface area contributed by atoms with Crippen molar-refractivity contribution < 1.29 is 14.7 Å². The van der Waals surface area contributed by atoms with E-state index in [4.69, 9.17) is 10.8 Å². The van der Waals surface area contributed by atoms with Crippen LogP contribution >= 0.6 is 11.3 Å².